The Morgan fingerprint density at radius 1 is 1.40 bits per heavy atom. The van der Waals surface area contributed by atoms with Crippen LogP contribution < -0.4 is 11.2 Å². The SMILES string of the molecule is CC(C)OC(CCOCCO)n1cc(F)c(=O)[nH]c1=O. The summed E-state index contributed by atoms with van der Waals surface area (Å²) in [5, 5.41) is 8.60. The highest BCUT2D eigenvalue weighted by molar-refractivity contribution is 4.88. The molecule has 20 heavy (non-hydrogen) atoms. The van der Waals surface area contributed by atoms with Gasteiger partial charge in [-0.3, -0.25) is 14.3 Å². The zero-order chi connectivity index (χ0) is 15.1. The van der Waals surface area contributed by atoms with E-state index in [2.05, 4.69) is 0 Å². The standard InChI is InChI=1S/C12H19FN2O5/c1-8(2)20-10(3-5-19-6-4-16)15-7-9(13)11(17)14-12(15)18/h7-8,10,16H,3-6H2,1-2H3,(H,14,17,18). The minimum atomic E-state index is -1.06. The van der Waals surface area contributed by atoms with Gasteiger partial charge in [0.15, 0.2) is 0 Å². The van der Waals surface area contributed by atoms with E-state index in [1.807, 2.05) is 4.98 Å². The predicted octanol–water partition coefficient (Wildman–Crippen LogP) is -0.00170. The maximum absolute atomic E-state index is 13.3. The van der Waals surface area contributed by atoms with Crippen molar-refractivity contribution in [3.8, 4) is 0 Å². The van der Waals surface area contributed by atoms with Crippen molar-refractivity contribution in [3.05, 3.63) is 32.9 Å². The van der Waals surface area contributed by atoms with Crippen LogP contribution in [0.5, 0.6) is 0 Å². The number of ether oxygens (including phenoxy) is 2. The summed E-state index contributed by atoms with van der Waals surface area (Å²) in [4.78, 5) is 24.6. The van der Waals surface area contributed by atoms with Crippen molar-refractivity contribution < 1.29 is 19.0 Å². The molecule has 0 spiro atoms. The third-order valence-corrected chi connectivity index (χ3v) is 2.41. The van der Waals surface area contributed by atoms with Gasteiger partial charge in [-0.2, -0.15) is 4.39 Å². The Kier molecular flexibility index (Phi) is 6.56. The lowest BCUT2D eigenvalue weighted by molar-refractivity contribution is -0.0596. The first-order valence-corrected chi connectivity index (χ1v) is 6.30. The number of hydrogen-bond donors (Lipinski definition) is 2. The minimum absolute atomic E-state index is 0.108. The summed E-state index contributed by atoms with van der Waals surface area (Å²) in [7, 11) is 0. The van der Waals surface area contributed by atoms with Crippen molar-refractivity contribution in [2.75, 3.05) is 19.8 Å². The van der Waals surface area contributed by atoms with Gasteiger partial charge in [-0.05, 0) is 13.8 Å². The first kappa shape index (κ1) is 16.5. The molecular formula is C12H19FN2O5. The second kappa shape index (κ2) is 7.93. The zero-order valence-electron chi connectivity index (χ0n) is 11.5. The zero-order valence-corrected chi connectivity index (χ0v) is 11.5. The topological polar surface area (TPSA) is 93.5 Å². The summed E-state index contributed by atoms with van der Waals surface area (Å²) in [6.07, 6.45) is 0.149. The molecular weight excluding hydrogens is 271 g/mol. The number of rotatable bonds is 8. The van der Waals surface area contributed by atoms with Gasteiger partial charge in [0.25, 0.3) is 5.56 Å². The fraction of sp³-hybridized carbons (Fsp3) is 0.667. The molecule has 8 heteroatoms. The van der Waals surface area contributed by atoms with Gasteiger partial charge in [0.05, 0.1) is 32.1 Å². The lowest BCUT2D eigenvalue weighted by Gasteiger charge is -2.22. The van der Waals surface area contributed by atoms with E-state index in [1.165, 1.54) is 0 Å². The van der Waals surface area contributed by atoms with E-state index >= 15 is 0 Å². The van der Waals surface area contributed by atoms with Crippen molar-refractivity contribution in [2.24, 2.45) is 0 Å². The predicted molar refractivity (Wildman–Crippen MR) is 69.1 cm³/mol. The number of nitrogens with one attached hydrogen (secondary N) is 1. The van der Waals surface area contributed by atoms with Gasteiger partial charge in [0.2, 0.25) is 5.82 Å². The van der Waals surface area contributed by atoms with Crippen LogP contribution in [0.15, 0.2) is 15.8 Å². The quantitative estimate of drug-likeness (QED) is 0.657. The van der Waals surface area contributed by atoms with Crippen molar-refractivity contribution >= 4 is 0 Å². The summed E-state index contributed by atoms with van der Waals surface area (Å²) in [6.45, 7) is 3.83. The molecule has 1 rings (SSSR count). The van der Waals surface area contributed by atoms with E-state index < -0.39 is 23.3 Å². The highest BCUT2D eigenvalue weighted by Gasteiger charge is 2.16. The van der Waals surface area contributed by atoms with Gasteiger partial charge in [0, 0.05) is 6.42 Å². The molecule has 0 saturated heterocycles. The minimum Gasteiger partial charge on any atom is -0.394 e. The molecule has 1 unspecified atom stereocenters. The van der Waals surface area contributed by atoms with Crippen molar-refractivity contribution in [3.63, 3.8) is 0 Å². The molecule has 1 heterocycles. The Morgan fingerprint density at radius 2 is 2.10 bits per heavy atom. The van der Waals surface area contributed by atoms with Gasteiger partial charge in [-0.1, -0.05) is 0 Å². The molecule has 1 aromatic rings. The van der Waals surface area contributed by atoms with Crippen LogP contribution in [0.4, 0.5) is 4.39 Å². The van der Waals surface area contributed by atoms with E-state index in [1.54, 1.807) is 13.8 Å². The van der Waals surface area contributed by atoms with Crippen LogP contribution >= 0.6 is 0 Å². The maximum Gasteiger partial charge on any atom is 0.330 e. The van der Waals surface area contributed by atoms with Crippen LogP contribution in [0.25, 0.3) is 0 Å². The summed E-state index contributed by atoms with van der Waals surface area (Å²) < 4.78 is 24.9. The van der Waals surface area contributed by atoms with Gasteiger partial charge in [0.1, 0.15) is 6.23 Å². The molecule has 1 atom stereocenters. The second-order valence-electron chi connectivity index (χ2n) is 4.41. The van der Waals surface area contributed by atoms with E-state index in [-0.39, 0.29) is 32.3 Å². The highest BCUT2D eigenvalue weighted by Crippen LogP contribution is 2.13. The number of hydrogen-bond acceptors (Lipinski definition) is 5. The van der Waals surface area contributed by atoms with Gasteiger partial charge in [-0.25, -0.2) is 4.79 Å². The third kappa shape index (κ3) is 4.87. The largest absolute Gasteiger partial charge is 0.394 e. The molecule has 2 N–H and O–H groups in total. The monoisotopic (exact) mass is 290 g/mol. The number of H-pyrrole nitrogens is 1. The maximum atomic E-state index is 13.3. The van der Waals surface area contributed by atoms with Crippen molar-refractivity contribution in [1.82, 2.24) is 9.55 Å². The van der Waals surface area contributed by atoms with Crippen molar-refractivity contribution in [1.29, 1.82) is 0 Å². The van der Waals surface area contributed by atoms with Crippen LogP contribution in [0.3, 0.4) is 0 Å². The van der Waals surface area contributed by atoms with Crippen molar-refractivity contribution in [2.45, 2.75) is 32.6 Å². The summed E-state index contributed by atoms with van der Waals surface area (Å²) >= 11 is 0. The van der Waals surface area contributed by atoms with Crippen LogP contribution in [-0.2, 0) is 9.47 Å². The van der Waals surface area contributed by atoms with Crippen LogP contribution in [0.2, 0.25) is 0 Å². The summed E-state index contributed by atoms with van der Waals surface area (Å²) in [6, 6.07) is 0. The lowest BCUT2D eigenvalue weighted by Crippen LogP contribution is -2.35. The number of aliphatic hydroxyl groups excluding tert-OH is 1. The summed E-state index contributed by atoms with van der Waals surface area (Å²) in [5.74, 6) is -1.06. The first-order chi connectivity index (χ1) is 9.45. The molecule has 114 valence electrons. The number of nitrogens with zero attached hydrogens (tertiary/aromatic N) is 1. The van der Waals surface area contributed by atoms with Gasteiger partial charge < -0.3 is 14.6 Å². The Hall–Kier alpha value is -1.51. The molecule has 0 bridgehead atoms. The van der Waals surface area contributed by atoms with Crippen LogP contribution in [0, 0.1) is 5.82 Å². The molecule has 7 nitrogen and oxygen atoms in total. The molecule has 0 saturated carbocycles. The Labute approximate surface area is 115 Å². The molecule has 0 aromatic carbocycles. The smallest absolute Gasteiger partial charge is 0.330 e. The number of aromatic nitrogens is 2. The third-order valence-electron chi connectivity index (χ3n) is 2.41. The van der Waals surface area contributed by atoms with Gasteiger partial charge >= 0.3 is 5.69 Å². The summed E-state index contributed by atoms with van der Waals surface area (Å²) in [5.41, 5.74) is -1.81. The average Bonchev–Trinajstić information content (AvgIpc) is 2.37. The number of aromatic amines is 1. The lowest BCUT2D eigenvalue weighted by atomic mass is 10.3. The molecule has 0 fully saturated rings. The number of halogens is 1. The number of aliphatic hydroxyl groups is 1. The highest BCUT2D eigenvalue weighted by atomic mass is 19.1. The van der Waals surface area contributed by atoms with E-state index in [0.29, 0.717) is 0 Å². The normalized spacial score (nSPS) is 12.8. The molecule has 0 amide bonds. The Morgan fingerprint density at radius 3 is 2.70 bits per heavy atom. The Bertz CT molecular complexity index is 525. The fourth-order valence-electron chi connectivity index (χ4n) is 1.61. The first-order valence-electron chi connectivity index (χ1n) is 6.30. The molecule has 0 radical (unpaired) electrons. The fourth-order valence-corrected chi connectivity index (χ4v) is 1.61. The second-order valence-corrected chi connectivity index (χ2v) is 4.41. The van der Waals surface area contributed by atoms with Gasteiger partial charge in [-0.15, -0.1) is 0 Å². The molecule has 0 aliphatic heterocycles. The molecule has 0 aliphatic rings. The van der Waals surface area contributed by atoms with E-state index in [9.17, 15) is 14.0 Å². The Balaban J connectivity index is 2.89. The van der Waals surface area contributed by atoms with E-state index in [4.69, 9.17) is 14.6 Å². The van der Waals surface area contributed by atoms with Crippen LogP contribution in [0.1, 0.15) is 26.5 Å². The molecule has 1 aromatic heterocycles. The molecule has 0 aliphatic carbocycles. The van der Waals surface area contributed by atoms with Crippen LogP contribution in [-0.4, -0.2) is 40.6 Å². The average molecular weight is 290 g/mol. The van der Waals surface area contributed by atoms with E-state index in [0.717, 1.165) is 10.8 Å².